The average molecular weight is 271 g/mol. The van der Waals surface area contributed by atoms with Crippen LogP contribution in [0.4, 0.5) is 0 Å². The van der Waals surface area contributed by atoms with Gasteiger partial charge in [-0.15, -0.1) is 0 Å². The Hall–Kier alpha value is -2.20. The minimum Gasteiger partial charge on any atom is -0.475 e. The second-order valence-corrected chi connectivity index (χ2v) is 4.87. The standard InChI is InChI=1S/C16H17NO3/c1-17-10-8-14(9-11-17)13-5-2-12(3-6-13)4-7-15(18)16(19)20/h2-8H,9-11H2,1H3,(H,19,20)/b7-4+. The number of carbonyl (C=O) groups excluding carboxylic acids is 1. The number of benzene rings is 1. The van der Waals surface area contributed by atoms with Gasteiger partial charge in [-0.05, 0) is 36.2 Å². The number of hydrogen-bond donors (Lipinski definition) is 1. The van der Waals surface area contributed by atoms with Gasteiger partial charge in [-0.3, -0.25) is 4.79 Å². The van der Waals surface area contributed by atoms with Gasteiger partial charge in [-0.25, -0.2) is 4.79 Å². The topological polar surface area (TPSA) is 57.6 Å². The van der Waals surface area contributed by atoms with Crippen LogP contribution in [0.2, 0.25) is 0 Å². The van der Waals surface area contributed by atoms with Crippen LogP contribution in [0.1, 0.15) is 17.5 Å². The number of ketones is 1. The molecule has 0 unspecified atom stereocenters. The Kier molecular flexibility index (Phi) is 4.48. The molecule has 0 fully saturated rings. The van der Waals surface area contributed by atoms with Crippen molar-refractivity contribution < 1.29 is 14.7 Å². The van der Waals surface area contributed by atoms with Crippen LogP contribution < -0.4 is 0 Å². The minimum atomic E-state index is -1.44. The van der Waals surface area contributed by atoms with Crippen LogP contribution in [-0.2, 0) is 9.59 Å². The number of rotatable bonds is 4. The summed E-state index contributed by atoms with van der Waals surface area (Å²) in [6.45, 7) is 2.02. The summed E-state index contributed by atoms with van der Waals surface area (Å²) in [6.07, 6.45) is 5.85. The molecule has 1 aliphatic rings. The van der Waals surface area contributed by atoms with Crippen LogP contribution >= 0.6 is 0 Å². The maximum absolute atomic E-state index is 11.0. The van der Waals surface area contributed by atoms with E-state index in [1.54, 1.807) is 0 Å². The molecule has 1 aromatic rings. The molecule has 0 saturated carbocycles. The highest BCUT2D eigenvalue weighted by Gasteiger charge is 2.09. The van der Waals surface area contributed by atoms with Gasteiger partial charge in [0.05, 0.1) is 0 Å². The van der Waals surface area contributed by atoms with Crippen LogP contribution in [0, 0.1) is 0 Å². The first kappa shape index (κ1) is 14.2. The number of hydrogen-bond acceptors (Lipinski definition) is 3. The van der Waals surface area contributed by atoms with Gasteiger partial charge in [-0.2, -0.15) is 0 Å². The van der Waals surface area contributed by atoms with E-state index in [0.29, 0.717) is 0 Å². The monoisotopic (exact) mass is 271 g/mol. The van der Waals surface area contributed by atoms with Gasteiger partial charge in [-0.1, -0.05) is 36.4 Å². The van der Waals surface area contributed by atoms with Crippen molar-refractivity contribution >= 4 is 23.4 Å². The number of likely N-dealkylation sites (N-methyl/N-ethyl adjacent to an activating group) is 1. The van der Waals surface area contributed by atoms with Gasteiger partial charge < -0.3 is 10.0 Å². The third-order valence-electron chi connectivity index (χ3n) is 3.33. The molecular weight excluding hydrogens is 254 g/mol. The van der Waals surface area contributed by atoms with Crippen LogP contribution in [-0.4, -0.2) is 41.9 Å². The summed E-state index contributed by atoms with van der Waals surface area (Å²) in [5.41, 5.74) is 3.33. The van der Waals surface area contributed by atoms with Crippen molar-refractivity contribution in [2.45, 2.75) is 6.42 Å². The number of carbonyl (C=O) groups is 2. The van der Waals surface area contributed by atoms with Crippen molar-refractivity contribution in [3.63, 3.8) is 0 Å². The molecule has 2 rings (SSSR count). The zero-order chi connectivity index (χ0) is 14.5. The van der Waals surface area contributed by atoms with Gasteiger partial charge >= 0.3 is 5.97 Å². The Morgan fingerprint density at radius 3 is 2.50 bits per heavy atom. The van der Waals surface area contributed by atoms with Crippen molar-refractivity contribution in [3.8, 4) is 0 Å². The van der Waals surface area contributed by atoms with Crippen LogP contribution in [0.3, 0.4) is 0 Å². The molecule has 0 atom stereocenters. The predicted molar refractivity (Wildman–Crippen MR) is 78.2 cm³/mol. The van der Waals surface area contributed by atoms with Crippen LogP contribution in [0.15, 0.2) is 36.4 Å². The lowest BCUT2D eigenvalue weighted by Crippen LogP contribution is -2.23. The summed E-state index contributed by atoms with van der Waals surface area (Å²) in [6, 6.07) is 7.78. The molecule has 0 spiro atoms. The highest BCUT2D eigenvalue weighted by molar-refractivity contribution is 6.38. The molecule has 1 aromatic carbocycles. The summed E-state index contributed by atoms with van der Waals surface area (Å²) in [5.74, 6) is -2.35. The highest BCUT2D eigenvalue weighted by Crippen LogP contribution is 2.22. The van der Waals surface area contributed by atoms with E-state index in [1.165, 1.54) is 17.2 Å². The zero-order valence-electron chi connectivity index (χ0n) is 11.4. The van der Waals surface area contributed by atoms with Crippen molar-refractivity contribution in [3.05, 3.63) is 47.5 Å². The summed E-state index contributed by atoms with van der Waals surface area (Å²) < 4.78 is 0. The normalized spacial score (nSPS) is 16.1. The molecule has 0 saturated heterocycles. The van der Waals surface area contributed by atoms with E-state index >= 15 is 0 Å². The molecule has 4 heteroatoms. The zero-order valence-corrected chi connectivity index (χ0v) is 11.4. The maximum atomic E-state index is 11.0. The van der Waals surface area contributed by atoms with E-state index in [0.717, 1.165) is 31.1 Å². The molecule has 1 heterocycles. The van der Waals surface area contributed by atoms with E-state index in [2.05, 4.69) is 18.0 Å². The molecule has 104 valence electrons. The number of carboxylic acid groups (broad SMARTS) is 1. The van der Waals surface area contributed by atoms with Crippen LogP contribution in [0.25, 0.3) is 11.6 Å². The first-order valence-corrected chi connectivity index (χ1v) is 6.49. The Balaban J connectivity index is 2.07. The molecule has 1 N–H and O–H groups in total. The lowest BCUT2D eigenvalue weighted by Gasteiger charge is -2.22. The highest BCUT2D eigenvalue weighted by atomic mass is 16.4. The smallest absolute Gasteiger partial charge is 0.376 e. The predicted octanol–water partition coefficient (Wildman–Crippen LogP) is 2.07. The fraction of sp³-hybridized carbons (Fsp3) is 0.250. The van der Waals surface area contributed by atoms with E-state index in [1.807, 2.05) is 24.3 Å². The van der Waals surface area contributed by atoms with E-state index in [4.69, 9.17) is 5.11 Å². The van der Waals surface area contributed by atoms with Gasteiger partial charge in [0, 0.05) is 13.1 Å². The van der Waals surface area contributed by atoms with E-state index < -0.39 is 11.8 Å². The molecule has 0 bridgehead atoms. The first-order chi connectivity index (χ1) is 9.56. The quantitative estimate of drug-likeness (QED) is 0.673. The largest absolute Gasteiger partial charge is 0.475 e. The van der Waals surface area contributed by atoms with Gasteiger partial charge in [0.15, 0.2) is 0 Å². The number of nitrogens with zero attached hydrogens (tertiary/aromatic N) is 1. The second-order valence-electron chi connectivity index (χ2n) is 4.87. The Bertz CT molecular complexity index is 570. The molecule has 0 radical (unpaired) electrons. The van der Waals surface area contributed by atoms with Gasteiger partial charge in [0.2, 0.25) is 0 Å². The van der Waals surface area contributed by atoms with Crippen molar-refractivity contribution in [2.24, 2.45) is 0 Å². The summed E-state index contributed by atoms with van der Waals surface area (Å²) in [7, 11) is 2.10. The Labute approximate surface area is 118 Å². The van der Waals surface area contributed by atoms with Gasteiger partial charge in [0.25, 0.3) is 5.78 Å². The molecule has 0 aliphatic carbocycles. The number of aliphatic carboxylic acids is 1. The van der Waals surface area contributed by atoms with E-state index in [9.17, 15) is 9.59 Å². The average Bonchev–Trinajstić information content (AvgIpc) is 2.46. The SMILES string of the molecule is CN1CC=C(c2ccc(/C=C/C(=O)C(=O)O)cc2)CC1. The van der Waals surface area contributed by atoms with Gasteiger partial charge in [0.1, 0.15) is 0 Å². The molecular formula is C16H17NO3. The summed E-state index contributed by atoms with van der Waals surface area (Å²) >= 11 is 0. The number of carboxylic acids is 1. The molecule has 4 nitrogen and oxygen atoms in total. The van der Waals surface area contributed by atoms with E-state index in [-0.39, 0.29) is 0 Å². The van der Waals surface area contributed by atoms with Crippen molar-refractivity contribution in [2.75, 3.05) is 20.1 Å². The lowest BCUT2D eigenvalue weighted by atomic mass is 9.98. The molecule has 0 aromatic heterocycles. The molecule has 0 amide bonds. The third-order valence-corrected chi connectivity index (χ3v) is 3.33. The Morgan fingerprint density at radius 2 is 1.95 bits per heavy atom. The second kappa shape index (κ2) is 6.30. The minimum absolute atomic E-state index is 0.817. The summed E-state index contributed by atoms with van der Waals surface area (Å²) in [4.78, 5) is 23.6. The third kappa shape index (κ3) is 3.65. The fourth-order valence-electron chi connectivity index (χ4n) is 2.08. The molecule has 20 heavy (non-hydrogen) atoms. The lowest BCUT2D eigenvalue weighted by molar-refractivity contribution is -0.146. The first-order valence-electron chi connectivity index (χ1n) is 6.49. The fourth-order valence-corrected chi connectivity index (χ4v) is 2.08. The Morgan fingerprint density at radius 1 is 1.25 bits per heavy atom. The van der Waals surface area contributed by atoms with Crippen LogP contribution in [0.5, 0.6) is 0 Å². The maximum Gasteiger partial charge on any atom is 0.376 e. The molecule has 1 aliphatic heterocycles. The van der Waals surface area contributed by atoms with Crippen molar-refractivity contribution in [1.29, 1.82) is 0 Å². The summed E-state index contributed by atoms with van der Waals surface area (Å²) in [5, 5.41) is 8.48. The van der Waals surface area contributed by atoms with Crippen molar-refractivity contribution in [1.82, 2.24) is 4.90 Å².